The zero-order valence-electron chi connectivity index (χ0n) is 10.8. The summed E-state index contributed by atoms with van der Waals surface area (Å²) in [5.41, 5.74) is 1.37. The van der Waals surface area contributed by atoms with Crippen LogP contribution >= 0.6 is 0 Å². The molecule has 0 radical (unpaired) electrons. The number of carbonyl (C=O) groups is 1. The van der Waals surface area contributed by atoms with E-state index in [1.807, 2.05) is 19.1 Å². The van der Waals surface area contributed by atoms with Gasteiger partial charge < -0.3 is 14.6 Å². The fraction of sp³-hybridized carbons (Fsp3) is 0.429. The summed E-state index contributed by atoms with van der Waals surface area (Å²) in [5.74, 6) is -0.379. The Morgan fingerprint density at radius 3 is 2.89 bits per heavy atom. The molecule has 0 spiro atoms. The van der Waals surface area contributed by atoms with Crippen LogP contribution in [0.2, 0.25) is 0 Å². The Balaban J connectivity index is 2.15. The van der Waals surface area contributed by atoms with Crippen molar-refractivity contribution in [2.24, 2.45) is 0 Å². The summed E-state index contributed by atoms with van der Waals surface area (Å²) in [7, 11) is 0. The number of nitrogens with zero attached hydrogens (tertiary/aromatic N) is 1. The summed E-state index contributed by atoms with van der Waals surface area (Å²) < 4.78 is 11.2. The maximum Gasteiger partial charge on any atom is 0.328 e. The van der Waals surface area contributed by atoms with E-state index in [4.69, 9.17) is 14.6 Å². The lowest BCUT2D eigenvalue weighted by Crippen LogP contribution is -2.26. The van der Waals surface area contributed by atoms with Crippen molar-refractivity contribution in [2.75, 3.05) is 13.2 Å². The molecule has 1 aliphatic rings. The fourth-order valence-corrected chi connectivity index (χ4v) is 1.91. The number of aromatic nitrogens is 1. The van der Waals surface area contributed by atoms with Gasteiger partial charge in [0.25, 0.3) is 0 Å². The fourth-order valence-electron chi connectivity index (χ4n) is 1.91. The SMILES string of the molecule is Cc1ccc(OC2CCOCC2)c(C=CC(=O)O)n1. The van der Waals surface area contributed by atoms with Gasteiger partial charge in [0.2, 0.25) is 0 Å². The Hall–Kier alpha value is -1.88. The highest BCUT2D eigenvalue weighted by Gasteiger charge is 2.16. The molecule has 1 aromatic rings. The predicted molar refractivity (Wildman–Crippen MR) is 70.1 cm³/mol. The summed E-state index contributed by atoms with van der Waals surface area (Å²) in [6, 6.07) is 3.69. The van der Waals surface area contributed by atoms with E-state index in [1.54, 1.807) is 0 Å². The minimum Gasteiger partial charge on any atom is -0.488 e. The van der Waals surface area contributed by atoms with E-state index in [2.05, 4.69) is 4.98 Å². The van der Waals surface area contributed by atoms with Crippen LogP contribution in [0.4, 0.5) is 0 Å². The molecule has 2 heterocycles. The van der Waals surface area contributed by atoms with Crippen molar-refractivity contribution >= 4 is 12.0 Å². The van der Waals surface area contributed by atoms with Gasteiger partial charge in [0.15, 0.2) is 0 Å². The van der Waals surface area contributed by atoms with Gasteiger partial charge in [0, 0.05) is 24.6 Å². The van der Waals surface area contributed by atoms with E-state index >= 15 is 0 Å². The minimum atomic E-state index is -1.000. The number of carboxylic acid groups (broad SMARTS) is 1. The van der Waals surface area contributed by atoms with Crippen LogP contribution in [0.1, 0.15) is 24.2 Å². The lowest BCUT2D eigenvalue weighted by molar-refractivity contribution is -0.131. The number of hydrogen-bond donors (Lipinski definition) is 1. The number of rotatable bonds is 4. The van der Waals surface area contributed by atoms with E-state index in [9.17, 15) is 4.79 Å². The van der Waals surface area contributed by atoms with Gasteiger partial charge in [0.1, 0.15) is 17.5 Å². The lowest BCUT2D eigenvalue weighted by atomic mass is 10.1. The van der Waals surface area contributed by atoms with E-state index in [1.165, 1.54) is 6.08 Å². The second-order valence-electron chi connectivity index (χ2n) is 4.44. The van der Waals surface area contributed by atoms with Crippen molar-refractivity contribution in [1.82, 2.24) is 4.98 Å². The number of hydrogen-bond acceptors (Lipinski definition) is 4. The highest BCUT2D eigenvalue weighted by molar-refractivity contribution is 5.85. The van der Waals surface area contributed by atoms with Gasteiger partial charge >= 0.3 is 5.97 Å². The molecule has 19 heavy (non-hydrogen) atoms. The molecule has 0 aromatic carbocycles. The average Bonchev–Trinajstić information content (AvgIpc) is 2.40. The maximum atomic E-state index is 10.6. The van der Waals surface area contributed by atoms with Crippen LogP contribution in [0.25, 0.3) is 6.08 Å². The summed E-state index contributed by atoms with van der Waals surface area (Å²) in [5, 5.41) is 8.68. The second kappa shape index (κ2) is 6.33. The maximum absolute atomic E-state index is 10.6. The first-order chi connectivity index (χ1) is 9.15. The van der Waals surface area contributed by atoms with E-state index < -0.39 is 5.97 Å². The molecule has 1 aliphatic heterocycles. The van der Waals surface area contributed by atoms with Crippen molar-refractivity contribution in [2.45, 2.75) is 25.9 Å². The quantitative estimate of drug-likeness (QED) is 0.842. The smallest absolute Gasteiger partial charge is 0.328 e. The molecule has 1 fully saturated rings. The van der Waals surface area contributed by atoms with Gasteiger partial charge in [-0.3, -0.25) is 0 Å². The van der Waals surface area contributed by atoms with Crippen LogP contribution in [0.5, 0.6) is 5.75 Å². The van der Waals surface area contributed by atoms with E-state index in [0.717, 1.165) is 24.6 Å². The van der Waals surface area contributed by atoms with Crippen LogP contribution in [0, 0.1) is 6.92 Å². The number of ether oxygens (including phenoxy) is 2. The van der Waals surface area contributed by atoms with Gasteiger partial charge in [-0.2, -0.15) is 0 Å². The van der Waals surface area contributed by atoms with Crippen molar-refractivity contribution in [3.05, 3.63) is 29.6 Å². The standard InChI is InChI=1S/C14H17NO4/c1-10-2-4-13(12(15-10)3-5-14(16)17)19-11-6-8-18-9-7-11/h2-5,11H,6-9H2,1H3,(H,16,17). The summed E-state index contributed by atoms with van der Waals surface area (Å²) in [6.45, 7) is 3.25. The highest BCUT2D eigenvalue weighted by atomic mass is 16.5. The molecule has 0 atom stereocenters. The van der Waals surface area contributed by atoms with Gasteiger partial charge in [-0.25, -0.2) is 9.78 Å². The summed E-state index contributed by atoms with van der Waals surface area (Å²) >= 11 is 0. The zero-order chi connectivity index (χ0) is 13.7. The molecule has 0 amide bonds. The molecule has 5 heteroatoms. The van der Waals surface area contributed by atoms with Crippen molar-refractivity contribution in [1.29, 1.82) is 0 Å². The predicted octanol–water partition coefficient (Wildman–Crippen LogP) is 2.05. The van der Waals surface area contributed by atoms with Crippen LogP contribution in [-0.2, 0) is 9.53 Å². The molecule has 1 N–H and O–H groups in total. The molecule has 0 bridgehead atoms. The number of aliphatic carboxylic acids is 1. The monoisotopic (exact) mass is 263 g/mol. The van der Waals surface area contributed by atoms with Crippen LogP contribution in [-0.4, -0.2) is 35.4 Å². The van der Waals surface area contributed by atoms with Gasteiger partial charge in [-0.1, -0.05) is 0 Å². The largest absolute Gasteiger partial charge is 0.488 e. The highest BCUT2D eigenvalue weighted by Crippen LogP contribution is 2.22. The van der Waals surface area contributed by atoms with Gasteiger partial charge in [0.05, 0.1) is 13.2 Å². The topological polar surface area (TPSA) is 68.7 Å². The number of pyridine rings is 1. The zero-order valence-corrected chi connectivity index (χ0v) is 10.8. The molecule has 0 aliphatic carbocycles. The number of aryl methyl sites for hydroxylation is 1. The Bertz CT molecular complexity index is 478. The molecule has 0 unspecified atom stereocenters. The van der Waals surface area contributed by atoms with Crippen LogP contribution in [0.15, 0.2) is 18.2 Å². The molecular weight excluding hydrogens is 246 g/mol. The molecule has 1 aromatic heterocycles. The van der Waals surface area contributed by atoms with E-state index in [0.29, 0.717) is 24.7 Å². The van der Waals surface area contributed by atoms with Crippen LogP contribution < -0.4 is 4.74 Å². The first-order valence-electron chi connectivity index (χ1n) is 6.28. The molecule has 2 rings (SSSR count). The van der Waals surface area contributed by atoms with E-state index in [-0.39, 0.29) is 6.10 Å². The first-order valence-corrected chi connectivity index (χ1v) is 6.28. The van der Waals surface area contributed by atoms with Gasteiger partial charge in [-0.15, -0.1) is 0 Å². The molecular formula is C14H17NO4. The third-order valence-electron chi connectivity index (χ3n) is 2.87. The molecule has 0 saturated carbocycles. The van der Waals surface area contributed by atoms with Crippen molar-refractivity contribution in [3.63, 3.8) is 0 Å². The normalized spacial score (nSPS) is 16.7. The molecule has 5 nitrogen and oxygen atoms in total. The van der Waals surface area contributed by atoms with Gasteiger partial charge in [-0.05, 0) is 25.1 Å². The molecule has 1 saturated heterocycles. The minimum absolute atomic E-state index is 0.107. The second-order valence-corrected chi connectivity index (χ2v) is 4.44. The summed E-state index contributed by atoms with van der Waals surface area (Å²) in [6.07, 6.45) is 4.32. The van der Waals surface area contributed by atoms with Crippen LogP contribution in [0.3, 0.4) is 0 Å². The third kappa shape index (κ3) is 4.06. The average molecular weight is 263 g/mol. The van der Waals surface area contributed by atoms with Crippen molar-refractivity contribution < 1.29 is 19.4 Å². The lowest BCUT2D eigenvalue weighted by Gasteiger charge is -2.24. The summed E-state index contributed by atoms with van der Waals surface area (Å²) in [4.78, 5) is 14.9. The Labute approximate surface area is 111 Å². The van der Waals surface area contributed by atoms with Crippen molar-refractivity contribution in [3.8, 4) is 5.75 Å². The molecule has 102 valence electrons. The number of carboxylic acids is 1. The Morgan fingerprint density at radius 1 is 1.47 bits per heavy atom. The first kappa shape index (κ1) is 13.5. The third-order valence-corrected chi connectivity index (χ3v) is 2.87. The Morgan fingerprint density at radius 2 is 2.21 bits per heavy atom. The Kier molecular flexibility index (Phi) is 4.52.